The lowest BCUT2D eigenvalue weighted by Crippen LogP contribution is -2.34. The second-order valence-corrected chi connectivity index (χ2v) is 6.98. The lowest BCUT2D eigenvalue weighted by molar-refractivity contribution is 0.0237. The average Bonchev–Trinajstić information content (AvgIpc) is 3.14. The third kappa shape index (κ3) is 4.83. The van der Waals surface area contributed by atoms with Gasteiger partial charge in [-0.15, -0.1) is 0 Å². The van der Waals surface area contributed by atoms with Gasteiger partial charge in [0, 0.05) is 30.8 Å². The Morgan fingerprint density at radius 1 is 1.17 bits per heavy atom. The maximum atomic E-state index is 12.4. The molecule has 29 heavy (non-hydrogen) atoms. The molecular weight excluding hydrogens is 374 g/mol. The number of hydrogen-bond donors (Lipinski definition) is 1. The van der Waals surface area contributed by atoms with Gasteiger partial charge < -0.3 is 19.5 Å². The normalized spacial score (nSPS) is 19.7. The number of nitrogens with one attached hydrogen (secondary N) is 1. The van der Waals surface area contributed by atoms with Gasteiger partial charge in [0.25, 0.3) is 5.91 Å². The zero-order chi connectivity index (χ0) is 20.1. The van der Waals surface area contributed by atoms with Crippen molar-refractivity contribution in [1.82, 2.24) is 10.3 Å². The van der Waals surface area contributed by atoms with Crippen LogP contribution in [0.1, 0.15) is 23.2 Å². The molecule has 0 aliphatic carbocycles. The van der Waals surface area contributed by atoms with Crippen LogP contribution in [0.25, 0.3) is 0 Å². The van der Waals surface area contributed by atoms with E-state index in [-0.39, 0.29) is 18.6 Å². The van der Waals surface area contributed by atoms with Gasteiger partial charge in [-0.3, -0.25) is 9.69 Å². The van der Waals surface area contributed by atoms with E-state index in [0.29, 0.717) is 31.2 Å². The summed E-state index contributed by atoms with van der Waals surface area (Å²) in [6.45, 7) is 2.00. The highest BCUT2D eigenvalue weighted by atomic mass is 16.6. The Labute approximate surface area is 168 Å². The summed E-state index contributed by atoms with van der Waals surface area (Å²) in [4.78, 5) is 30.2. The average molecular weight is 397 g/mol. The van der Waals surface area contributed by atoms with Gasteiger partial charge in [-0.2, -0.15) is 0 Å². The van der Waals surface area contributed by atoms with Crippen molar-refractivity contribution in [3.05, 3.63) is 54.2 Å². The van der Waals surface area contributed by atoms with Crippen molar-refractivity contribution in [1.29, 1.82) is 0 Å². The van der Waals surface area contributed by atoms with Crippen molar-refractivity contribution in [2.75, 3.05) is 31.2 Å². The molecule has 1 aromatic heterocycles. The summed E-state index contributed by atoms with van der Waals surface area (Å²) >= 11 is 0. The third-order valence-corrected chi connectivity index (χ3v) is 4.89. The van der Waals surface area contributed by atoms with Gasteiger partial charge >= 0.3 is 6.09 Å². The summed E-state index contributed by atoms with van der Waals surface area (Å²) in [5, 5.41) is 2.79. The van der Waals surface area contributed by atoms with Crippen LogP contribution >= 0.6 is 0 Å². The van der Waals surface area contributed by atoms with Crippen LogP contribution in [0.15, 0.2) is 48.7 Å². The number of ether oxygens (including phenoxy) is 3. The van der Waals surface area contributed by atoms with Crippen LogP contribution in [0.5, 0.6) is 5.88 Å². The highest BCUT2D eigenvalue weighted by molar-refractivity contribution is 5.94. The fourth-order valence-corrected chi connectivity index (χ4v) is 3.30. The van der Waals surface area contributed by atoms with E-state index in [0.717, 1.165) is 18.5 Å². The molecule has 0 spiro atoms. The molecule has 1 atom stereocenters. The van der Waals surface area contributed by atoms with Crippen LogP contribution in [0.2, 0.25) is 0 Å². The minimum absolute atomic E-state index is 0.0977. The Hall–Kier alpha value is -3.13. The zero-order valence-corrected chi connectivity index (χ0v) is 16.0. The first-order valence-electron chi connectivity index (χ1n) is 9.71. The fraction of sp³-hybridized carbons (Fsp3) is 0.381. The van der Waals surface area contributed by atoms with E-state index in [1.807, 2.05) is 30.3 Å². The van der Waals surface area contributed by atoms with Gasteiger partial charge in [0.05, 0.1) is 31.9 Å². The summed E-state index contributed by atoms with van der Waals surface area (Å²) in [6.07, 6.45) is 2.44. The summed E-state index contributed by atoms with van der Waals surface area (Å²) in [7, 11) is 0. The first kappa shape index (κ1) is 19.2. The molecule has 0 unspecified atom stereocenters. The number of carbonyl (C=O) groups excluding carboxylic acids is 2. The van der Waals surface area contributed by atoms with E-state index < -0.39 is 12.2 Å². The van der Waals surface area contributed by atoms with Crippen LogP contribution in [-0.4, -0.2) is 55.5 Å². The number of aromatic nitrogens is 1. The SMILES string of the molecule is O=C(NC[C@@H]1CN(c2ccccc2)C(=O)O1)c1ccc(OC2CCOCC2)nc1. The fourth-order valence-electron chi connectivity index (χ4n) is 3.30. The van der Waals surface area contributed by atoms with E-state index in [2.05, 4.69) is 10.3 Å². The predicted molar refractivity (Wildman–Crippen MR) is 105 cm³/mol. The molecule has 1 N–H and O–H groups in total. The van der Waals surface area contributed by atoms with Crippen LogP contribution in [0.4, 0.5) is 10.5 Å². The Morgan fingerprint density at radius 3 is 2.69 bits per heavy atom. The standard InChI is InChI=1S/C21H23N3O5/c25-20(15-6-7-19(22-12-15)28-17-8-10-27-11-9-17)23-13-18-14-24(21(26)29-18)16-4-2-1-3-5-16/h1-7,12,17-18H,8-11,13-14H2,(H,23,25)/t18-/m1/s1. The van der Waals surface area contributed by atoms with Crippen LogP contribution in [0, 0.1) is 0 Å². The summed E-state index contributed by atoms with van der Waals surface area (Å²) in [5.41, 5.74) is 1.20. The minimum atomic E-state index is -0.410. The molecule has 3 heterocycles. The lowest BCUT2D eigenvalue weighted by atomic mass is 10.1. The van der Waals surface area contributed by atoms with E-state index >= 15 is 0 Å². The Kier molecular flexibility index (Phi) is 5.90. The number of hydrogen-bond acceptors (Lipinski definition) is 6. The summed E-state index contributed by atoms with van der Waals surface area (Å²) < 4.78 is 16.5. The van der Waals surface area contributed by atoms with Gasteiger partial charge in [-0.25, -0.2) is 9.78 Å². The van der Waals surface area contributed by atoms with Gasteiger partial charge in [-0.05, 0) is 18.2 Å². The van der Waals surface area contributed by atoms with Gasteiger partial charge in [-0.1, -0.05) is 18.2 Å². The Balaban J connectivity index is 1.27. The highest BCUT2D eigenvalue weighted by Crippen LogP contribution is 2.21. The largest absolute Gasteiger partial charge is 0.474 e. The predicted octanol–water partition coefficient (Wildman–Crippen LogP) is 2.39. The molecule has 0 bridgehead atoms. The number of rotatable bonds is 6. The number of nitrogens with zero attached hydrogens (tertiary/aromatic N) is 2. The van der Waals surface area contributed by atoms with Crippen LogP contribution in [0.3, 0.4) is 0 Å². The van der Waals surface area contributed by atoms with Crippen molar-refractivity contribution in [3.8, 4) is 5.88 Å². The quantitative estimate of drug-likeness (QED) is 0.805. The molecule has 2 aliphatic heterocycles. The number of pyridine rings is 1. The van der Waals surface area contributed by atoms with Crippen molar-refractivity contribution in [3.63, 3.8) is 0 Å². The van der Waals surface area contributed by atoms with E-state index in [1.165, 1.54) is 6.20 Å². The summed E-state index contributed by atoms with van der Waals surface area (Å²) in [6, 6.07) is 12.7. The molecule has 2 fully saturated rings. The van der Waals surface area contributed by atoms with Crippen molar-refractivity contribution in [2.24, 2.45) is 0 Å². The Morgan fingerprint density at radius 2 is 1.97 bits per heavy atom. The summed E-state index contributed by atoms with van der Waals surface area (Å²) in [5.74, 6) is 0.223. The molecule has 8 heteroatoms. The second-order valence-electron chi connectivity index (χ2n) is 6.98. The molecule has 0 saturated carbocycles. The molecule has 4 rings (SSSR count). The smallest absolute Gasteiger partial charge is 0.414 e. The zero-order valence-electron chi connectivity index (χ0n) is 16.0. The molecule has 2 aliphatic rings. The molecule has 8 nitrogen and oxygen atoms in total. The maximum Gasteiger partial charge on any atom is 0.414 e. The molecule has 2 amide bonds. The third-order valence-electron chi connectivity index (χ3n) is 4.89. The molecule has 0 radical (unpaired) electrons. The number of benzene rings is 1. The minimum Gasteiger partial charge on any atom is -0.474 e. The number of cyclic esters (lactones) is 1. The highest BCUT2D eigenvalue weighted by Gasteiger charge is 2.32. The van der Waals surface area contributed by atoms with Crippen LogP contribution < -0.4 is 15.0 Å². The topological polar surface area (TPSA) is 90.0 Å². The first-order valence-corrected chi connectivity index (χ1v) is 9.71. The van der Waals surface area contributed by atoms with E-state index in [4.69, 9.17) is 14.2 Å². The van der Waals surface area contributed by atoms with Gasteiger partial charge in [0.1, 0.15) is 12.2 Å². The Bertz CT molecular complexity index is 837. The van der Waals surface area contributed by atoms with Crippen molar-refractivity contribution in [2.45, 2.75) is 25.0 Å². The van der Waals surface area contributed by atoms with Gasteiger partial charge in [0.15, 0.2) is 0 Å². The second kappa shape index (κ2) is 8.91. The van der Waals surface area contributed by atoms with E-state index in [1.54, 1.807) is 17.0 Å². The molecule has 1 aromatic carbocycles. The molecule has 152 valence electrons. The number of anilines is 1. The monoisotopic (exact) mass is 397 g/mol. The number of carbonyl (C=O) groups is 2. The number of amides is 2. The lowest BCUT2D eigenvalue weighted by Gasteiger charge is -2.22. The van der Waals surface area contributed by atoms with Crippen LogP contribution in [-0.2, 0) is 9.47 Å². The van der Waals surface area contributed by atoms with Gasteiger partial charge in [0.2, 0.25) is 5.88 Å². The maximum absolute atomic E-state index is 12.4. The number of para-hydroxylation sites is 1. The molecule has 2 saturated heterocycles. The molecule has 2 aromatic rings. The van der Waals surface area contributed by atoms with Crippen molar-refractivity contribution < 1.29 is 23.8 Å². The first-order chi connectivity index (χ1) is 14.2. The molecular formula is C21H23N3O5. The van der Waals surface area contributed by atoms with E-state index in [9.17, 15) is 9.59 Å². The van der Waals surface area contributed by atoms with Crippen molar-refractivity contribution >= 4 is 17.7 Å².